The van der Waals surface area contributed by atoms with Crippen LogP contribution >= 0.6 is 11.3 Å². The zero-order valence-electron chi connectivity index (χ0n) is 23.1. The number of aromatic nitrogens is 2. The van der Waals surface area contributed by atoms with Crippen molar-refractivity contribution in [1.82, 2.24) is 9.97 Å². The number of nitrogens with zero attached hydrogens (tertiary/aromatic N) is 2. The predicted molar refractivity (Wildman–Crippen MR) is 164 cm³/mol. The normalized spacial score (nSPS) is 11.7. The average Bonchev–Trinajstić information content (AvgIpc) is 3.61. The molecule has 0 saturated carbocycles. The van der Waals surface area contributed by atoms with E-state index in [4.69, 9.17) is 14.4 Å². The molecule has 5 heteroatoms. The number of furan rings is 1. The SMILES string of the molecule is CC(=O)c1ccc(-c2c(-c3ccsc3)oc3nc(Cc4ccccc4)c(-c4ccc(C(C)(C)C)cc4)nc23)cc1. The fourth-order valence-corrected chi connectivity index (χ4v) is 5.59. The van der Waals surface area contributed by atoms with E-state index in [1.807, 2.05) is 53.9 Å². The monoisotopic (exact) mass is 542 g/mol. The summed E-state index contributed by atoms with van der Waals surface area (Å²) in [5.41, 5.74) is 9.90. The highest BCUT2D eigenvalue weighted by Gasteiger charge is 2.24. The van der Waals surface area contributed by atoms with Crippen LogP contribution in [-0.4, -0.2) is 15.8 Å². The van der Waals surface area contributed by atoms with Crippen LogP contribution in [0.25, 0.3) is 44.9 Å². The van der Waals surface area contributed by atoms with E-state index in [0.29, 0.717) is 23.2 Å². The van der Waals surface area contributed by atoms with Crippen molar-refractivity contribution < 1.29 is 9.21 Å². The number of fused-ring (bicyclic) bond motifs is 1. The topological polar surface area (TPSA) is 56.0 Å². The predicted octanol–water partition coefficient (Wildman–Crippen LogP) is 9.38. The second kappa shape index (κ2) is 10.3. The van der Waals surface area contributed by atoms with Crippen LogP contribution < -0.4 is 0 Å². The van der Waals surface area contributed by atoms with Crippen LogP contribution in [0.1, 0.15) is 54.9 Å². The molecule has 0 aliphatic heterocycles. The maximum absolute atomic E-state index is 11.9. The first-order valence-electron chi connectivity index (χ1n) is 13.4. The van der Waals surface area contributed by atoms with Crippen LogP contribution in [0.5, 0.6) is 0 Å². The fourth-order valence-electron chi connectivity index (χ4n) is 4.95. The van der Waals surface area contributed by atoms with Gasteiger partial charge in [0.05, 0.1) is 17.0 Å². The minimum atomic E-state index is 0.0352. The van der Waals surface area contributed by atoms with Gasteiger partial charge in [0.15, 0.2) is 5.78 Å². The zero-order chi connectivity index (χ0) is 27.9. The standard InChI is InChI=1S/C35H30N2O2S/c1-22(38)24-10-12-25(13-11-24)30-32-34(39-33(30)27-18-19-40-21-27)36-29(20-23-8-6-5-7-9-23)31(37-32)26-14-16-28(17-15-26)35(2,3)4/h5-19,21H,20H2,1-4H3. The summed E-state index contributed by atoms with van der Waals surface area (Å²) in [6.07, 6.45) is 0.636. The van der Waals surface area contributed by atoms with E-state index in [1.54, 1.807) is 18.3 Å². The molecule has 0 atom stereocenters. The molecule has 6 rings (SSSR count). The Morgan fingerprint density at radius 2 is 1.52 bits per heavy atom. The van der Waals surface area contributed by atoms with Crippen molar-refractivity contribution in [2.24, 2.45) is 0 Å². The van der Waals surface area contributed by atoms with E-state index in [9.17, 15) is 4.79 Å². The van der Waals surface area contributed by atoms with Gasteiger partial charge in [0.1, 0.15) is 11.3 Å². The highest BCUT2D eigenvalue weighted by atomic mass is 32.1. The van der Waals surface area contributed by atoms with Crippen LogP contribution in [0.4, 0.5) is 0 Å². The molecular formula is C35H30N2O2S. The van der Waals surface area contributed by atoms with Gasteiger partial charge in [-0.3, -0.25) is 4.79 Å². The van der Waals surface area contributed by atoms with Crippen molar-refractivity contribution in [1.29, 1.82) is 0 Å². The number of hydrogen-bond donors (Lipinski definition) is 0. The molecule has 0 saturated heterocycles. The molecule has 0 amide bonds. The van der Waals surface area contributed by atoms with E-state index in [2.05, 4.69) is 62.5 Å². The molecule has 0 unspecified atom stereocenters. The van der Waals surface area contributed by atoms with Crippen molar-refractivity contribution in [3.8, 4) is 33.7 Å². The van der Waals surface area contributed by atoms with Crippen LogP contribution in [0.2, 0.25) is 0 Å². The molecule has 40 heavy (non-hydrogen) atoms. The fraction of sp³-hybridized carbons (Fsp3) is 0.171. The summed E-state index contributed by atoms with van der Waals surface area (Å²) in [6.45, 7) is 8.23. The molecule has 3 heterocycles. The number of Topliss-reactive ketones (excluding diaryl/α,β-unsaturated/α-hetero) is 1. The molecule has 3 aromatic carbocycles. The Hall–Kier alpha value is -4.35. The first-order chi connectivity index (χ1) is 19.3. The third-order valence-electron chi connectivity index (χ3n) is 7.20. The molecule has 0 fully saturated rings. The smallest absolute Gasteiger partial charge is 0.246 e. The lowest BCUT2D eigenvalue weighted by Crippen LogP contribution is -2.10. The molecule has 4 nitrogen and oxygen atoms in total. The molecule has 0 radical (unpaired) electrons. The molecular weight excluding hydrogens is 512 g/mol. The van der Waals surface area contributed by atoms with Crippen molar-refractivity contribution in [3.63, 3.8) is 0 Å². The summed E-state index contributed by atoms with van der Waals surface area (Å²) in [7, 11) is 0. The third-order valence-corrected chi connectivity index (χ3v) is 7.88. The number of hydrogen-bond acceptors (Lipinski definition) is 5. The van der Waals surface area contributed by atoms with E-state index in [-0.39, 0.29) is 11.2 Å². The van der Waals surface area contributed by atoms with Gasteiger partial charge in [-0.15, -0.1) is 0 Å². The van der Waals surface area contributed by atoms with Crippen molar-refractivity contribution in [2.75, 3.05) is 0 Å². The van der Waals surface area contributed by atoms with Gasteiger partial charge in [-0.2, -0.15) is 11.3 Å². The number of carbonyl (C=O) groups is 1. The summed E-state index contributed by atoms with van der Waals surface area (Å²) in [5, 5.41) is 4.11. The Bertz CT molecular complexity index is 1790. The molecule has 3 aromatic heterocycles. The lowest BCUT2D eigenvalue weighted by molar-refractivity contribution is 0.101. The Labute approximate surface area is 238 Å². The number of carbonyl (C=O) groups excluding carboxylic acids is 1. The van der Waals surface area contributed by atoms with Gasteiger partial charge >= 0.3 is 0 Å². The van der Waals surface area contributed by atoms with E-state index >= 15 is 0 Å². The van der Waals surface area contributed by atoms with Gasteiger partial charge in [0, 0.05) is 28.5 Å². The Balaban J connectivity index is 1.59. The Morgan fingerprint density at radius 1 is 0.825 bits per heavy atom. The van der Waals surface area contributed by atoms with Crippen LogP contribution in [0, 0.1) is 0 Å². The molecule has 198 valence electrons. The first-order valence-corrected chi connectivity index (χ1v) is 14.3. The maximum Gasteiger partial charge on any atom is 0.246 e. The van der Waals surface area contributed by atoms with Crippen LogP contribution in [0.3, 0.4) is 0 Å². The number of thiophene rings is 1. The van der Waals surface area contributed by atoms with Crippen molar-refractivity contribution in [2.45, 2.75) is 39.5 Å². The van der Waals surface area contributed by atoms with Crippen LogP contribution in [-0.2, 0) is 11.8 Å². The van der Waals surface area contributed by atoms with Gasteiger partial charge in [-0.05, 0) is 40.5 Å². The van der Waals surface area contributed by atoms with E-state index in [0.717, 1.165) is 45.0 Å². The summed E-state index contributed by atoms with van der Waals surface area (Å²) >= 11 is 1.62. The van der Waals surface area contributed by atoms with E-state index < -0.39 is 0 Å². The summed E-state index contributed by atoms with van der Waals surface area (Å²) in [5.74, 6) is 0.769. The van der Waals surface area contributed by atoms with Crippen molar-refractivity contribution in [3.05, 3.63) is 118 Å². The average molecular weight is 543 g/mol. The molecule has 0 bridgehead atoms. The zero-order valence-corrected chi connectivity index (χ0v) is 23.9. The first kappa shape index (κ1) is 25.9. The highest BCUT2D eigenvalue weighted by Crippen LogP contribution is 2.41. The van der Waals surface area contributed by atoms with Crippen LogP contribution in [0.15, 0.2) is 100 Å². The Morgan fingerprint density at radius 3 is 2.15 bits per heavy atom. The maximum atomic E-state index is 11.9. The van der Waals surface area contributed by atoms with Gasteiger partial charge < -0.3 is 4.42 Å². The molecule has 0 aliphatic carbocycles. The number of rotatable bonds is 6. The van der Waals surface area contributed by atoms with Gasteiger partial charge in [0.2, 0.25) is 5.71 Å². The second-order valence-corrected chi connectivity index (χ2v) is 11.9. The highest BCUT2D eigenvalue weighted by molar-refractivity contribution is 7.08. The Kier molecular flexibility index (Phi) is 6.68. The molecule has 0 N–H and O–H groups in total. The molecule has 0 spiro atoms. The third kappa shape index (κ3) is 5.01. The van der Waals surface area contributed by atoms with Crippen molar-refractivity contribution >= 4 is 28.4 Å². The molecule has 6 aromatic rings. The largest absolute Gasteiger partial charge is 0.436 e. The summed E-state index contributed by atoms with van der Waals surface area (Å²) < 4.78 is 6.47. The lowest BCUT2D eigenvalue weighted by Gasteiger charge is -2.19. The minimum absolute atomic E-state index is 0.0352. The number of benzene rings is 3. The number of ketones is 1. The summed E-state index contributed by atoms with van der Waals surface area (Å²) in [4.78, 5) is 22.3. The lowest BCUT2D eigenvalue weighted by atomic mass is 9.86. The molecule has 0 aliphatic rings. The summed E-state index contributed by atoms with van der Waals surface area (Å²) in [6, 6.07) is 28.7. The van der Waals surface area contributed by atoms with Gasteiger partial charge in [-0.25, -0.2) is 9.97 Å². The van der Waals surface area contributed by atoms with E-state index in [1.165, 1.54) is 5.56 Å². The second-order valence-electron chi connectivity index (χ2n) is 11.1. The van der Waals surface area contributed by atoms with Gasteiger partial charge in [0.25, 0.3) is 0 Å². The minimum Gasteiger partial charge on any atom is -0.436 e. The van der Waals surface area contributed by atoms with Gasteiger partial charge in [-0.1, -0.05) is 99.6 Å². The quantitative estimate of drug-likeness (QED) is 0.197.